The van der Waals surface area contributed by atoms with E-state index in [9.17, 15) is 9.59 Å². The zero-order valence-corrected chi connectivity index (χ0v) is 8.50. The molecule has 0 radical (unpaired) electrons. The first kappa shape index (κ1) is 10.5. The molecule has 1 saturated heterocycles. The van der Waals surface area contributed by atoms with Gasteiger partial charge in [-0.15, -0.1) is 0 Å². The maximum absolute atomic E-state index is 11.1. The minimum absolute atomic E-state index is 0.00370. The number of nitrogens with zero attached hydrogens (tertiary/aromatic N) is 3. The Balaban J connectivity index is 1.89. The number of carbonyl (C=O) groups excluding carboxylic acids is 1. The van der Waals surface area contributed by atoms with Crippen molar-refractivity contribution in [3.05, 3.63) is 18.2 Å². The average molecular weight is 225 g/mol. The lowest BCUT2D eigenvalue weighted by Crippen LogP contribution is -2.27. The highest BCUT2D eigenvalue weighted by molar-refractivity contribution is 5.84. The van der Waals surface area contributed by atoms with E-state index in [1.165, 1.54) is 12.5 Å². The smallest absolute Gasteiger partial charge is 0.410 e. The summed E-state index contributed by atoms with van der Waals surface area (Å²) in [5, 5.41) is 8.66. The van der Waals surface area contributed by atoms with Crippen molar-refractivity contribution in [2.24, 2.45) is 0 Å². The summed E-state index contributed by atoms with van der Waals surface area (Å²) >= 11 is 0. The molecule has 1 aliphatic rings. The second kappa shape index (κ2) is 4.21. The van der Waals surface area contributed by atoms with E-state index in [1.807, 2.05) is 0 Å². The van der Waals surface area contributed by atoms with Gasteiger partial charge in [0.25, 0.3) is 0 Å². The van der Waals surface area contributed by atoms with Gasteiger partial charge in [0.2, 0.25) is 0 Å². The van der Waals surface area contributed by atoms with E-state index in [0.717, 1.165) is 0 Å². The molecule has 0 aromatic carbocycles. The van der Waals surface area contributed by atoms with Gasteiger partial charge in [-0.25, -0.2) is 14.6 Å². The normalized spacial score (nSPS) is 15.2. The Bertz CT molecular complexity index is 415. The zero-order chi connectivity index (χ0) is 11.5. The van der Waals surface area contributed by atoms with Crippen molar-refractivity contribution in [1.82, 2.24) is 14.5 Å². The van der Waals surface area contributed by atoms with Crippen LogP contribution < -0.4 is 0 Å². The molecule has 0 aliphatic carbocycles. The van der Waals surface area contributed by atoms with Gasteiger partial charge in [0.05, 0.1) is 12.9 Å². The lowest BCUT2D eigenvalue weighted by molar-refractivity contribution is 0.0691. The Labute approximate surface area is 91.2 Å². The fraction of sp³-hybridized carbons (Fsp3) is 0.444. The number of imidazole rings is 1. The molecule has 0 unspecified atom stereocenters. The van der Waals surface area contributed by atoms with Gasteiger partial charge in [-0.2, -0.15) is 0 Å². The predicted octanol–water partition coefficient (Wildman–Crippen LogP) is 0.0335. The van der Waals surface area contributed by atoms with Crippen molar-refractivity contribution in [2.75, 3.05) is 19.7 Å². The fourth-order valence-corrected chi connectivity index (χ4v) is 1.46. The number of hydrogen-bond donors (Lipinski definition) is 1. The van der Waals surface area contributed by atoms with Gasteiger partial charge in [-0.1, -0.05) is 0 Å². The molecule has 7 nitrogen and oxygen atoms in total. The standard InChI is InChI=1S/C9H11N3O4/c13-8(14)7-5-11(6-10-7)1-2-12-3-4-16-9(12)15/h5-6H,1-4H2,(H,13,14). The molecule has 0 bridgehead atoms. The lowest BCUT2D eigenvalue weighted by Gasteiger charge is -2.11. The molecule has 1 fully saturated rings. The van der Waals surface area contributed by atoms with Crippen LogP contribution in [-0.4, -0.2) is 51.3 Å². The van der Waals surface area contributed by atoms with Crippen molar-refractivity contribution in [2.45, 2.75) is 6.54 Å². The number of amides is 1. The number of aromatic nitrogens is 2. The predicted molar refractivity (Wildman–Crippen MR) is 52.1 cm³/mol. The quantitative estimate of drug-likeness (QED) is 0.781. The first-order valence-corrected chi connectivity index (χ1v) is 4.83. The van der Waals surface area contributed by atoms with Gasteiger partial charge in [0.15, 0.2) is 5.69 Å². The van der Waals surface area contributed by atoms with Crippen LogP contribution in [0.5, 0.6) is 0 Å². The lowest BCUT2D eigenvalue weighted by atomic mass is 10.5. The molecule has 2 rings (SSSR count). The number of carboxylic acid groups (broad SMARTS) is 1. The Morgan fingerprint density at radius 3 is 2.94 bits per heavy atom. The van der Waals surface area contributed by atoms with Crippen LogP contribution in [0.3, 0.4) is 0 Å². The average Bonchev–Trinajstić information content (AvgIpc) is 2.83. The van der Waals surface area contributed by atoms with E-state index >= 15 is 0 Å². The molecule has 0 spiro atoms. The van der Waals surface area contributed by atoms with Crippen molar-refractivity contribution in [3.63, 3.8) is 0 Å². The Morgan fingerprint density at radius 2 is 2.38 bits per heavy atom. The van der Waals surface area contributed by atoms with Crippen molar-refractivity contribution >= 4 is 12.1 Å². The summed E-state index contributed by atoms with van der Waals surface area (Å²) < 4.78 is 6.40. The van der Waals surface area contributed by atoms with Crippen LogP contribution in [0.1, 0.15) is 10.5 Å². The van der Waals surface area contributed by atoms with Gasteiger partial charge in [-0.05, 0) is 0 Å². The van der Waals surface area contributed by atoms with E-state index in [0.29, 0.717) is 26.2 Å². The van der Waals surface area contributed by atoms with Crippen molar-refractivity contribution in [1.29, 1.82) is 0 Å². The maximum Gasteiger partial charge on any atom is 0.410 e. The Kier molecular flexibility index (Phi) is 2.76. The Morgan fingerprint density at radius 1 is 1.56 bits per heavy atom. The summed E-state index contributed by atoms with van der Waals surface area (Å²) in [7, 11) is 0. The number of hydrogen-bond acceptors (Lipinski definition) is 4. The van der Waals surface area contributed by atoms with Crippen molar-refractivity contribution < 1.29 is 19.4 Å². The topological polar surface area (TPSA) is 84.7 Å². The molecule has 1 N–H and O–H groups in total. The van der Waals surface area contributed by atoms with Crippen LogP contribution in [0.4, 0.5) is 4.79 Å². The summed E-state index contributed by atoms with van der Waals surface area (Å²) in [6.45, 7) is 2.01. The molecule has 86 valence electrons. The minimum atomic E-state index is -1.06. The number of carbonyl (C=O) groups is 2. The maximum atomic E-state index is 11.1. The molecule has 0 atom stereocenters. The molecule has 1 aromatic heterocycles. The van der Waals surface area contributed by atoms with E-state index in [2.05, 4.69) is 4.98 Å². The molecule has 16 heavy (non-hydrogen) atoms. The third-order valence-corrected chi connectivity index (χ3v) is 2.33. The summed E-state index contributed by atoms with van der Waals surface area (Å²) in [6, 6.07) is 0. The summed E-state index contributed by atoms with van der Waals surface area (Å²) in [6.07, 6.45) is 2.55. The van der Waals surface area contributed by atoms with E-state index < -0.39 is 5.97 Å². The number of cyclic esters (lactones) is 1. The summed E-state index contributed by atoms with van der Waals surface area (Å²) in [5.41, 5.74) is 0.00370. The van der Waals surface area contributed by atoms with Gasteiger partial charge < -0.3 is 19.3 Å². The third-order valence-electron chi connectivity index (χ3n) is 2.33. The zero-order valence-electron chi connectivity index (χ0n) is 8.50. The van der Waals surface area contributed by atoms with Gasteiger partial charge >= 0.3 is 12.1 Å². The highest BCUT2D eigenvalue weighted by atomic mass is 16.6. The van der Waals surface area contributed by atoms with Crippen molar-refractivity contribution in [3.8, 4) is 0 Å². The second-order valence-electron chi connectivity index (χ2n) is 3.40. The highest BCUT2D eigenvalue weighted by Gasteiger charge is 2.21. The number of carboxylic acids is 1. The fourth-order valence-electron chi connectivity index (χ4n) is 1.46. The number of ether oxygens (including phenoxy) is 1. The first-order chi connectivity index (χ1) is 7.66. The van der Waals surface area contributed by atoms with Gasteiger partial charge in [0.1, 0.15) is 6.61 Å². The SMILES string of the molecule is O=C(O)c1cn(CCN2CCOC2=O)cn1. The first-order valence-electron chi connectivity index (χ1n) is 4.83. The van der Waals surface area contributed by atoms with Crippen LogP contribution in [-0.2, 0) is 11.3 Å². The van der Waals surface area contributed by atoms with Crippen LogP contribution in [0, 0.1) is 0 Å². The second-order valence-corrected chi connectivity index (χ2v) is 3.40. The molecule has 7 heteroatoms. The summed E-state index contributed by atoms with van der Waals surface area (Å²) in [5.74, 6) is -1.06. The molecular formula is C9H11N3O4. The Hall–Kier alpha value is -2.05. The van der Waals surface area contributed by atoms with E-state index in [-0.39, 0.29) is 11.8 Å². The molecule has 1 amide bonds. The monoisotopic (exact) mass is 225 g/mol. The van der Waals surface area contributed by atoms with Crippen LogP contribution in [0.25, 0.3) is 0 Å². The molecule has 2 heterocycles. The third kappa shape index (κ3) is 2.13. The van der Waals surface area contributed by atoms with Crippen LogP contribution in [0.2, 0.25) is 0 Å². The molecular weight excluding hydrogens is 214 g/mol. The number of aromatic carboxylic acids is 1. The molecule has 1 aliphatic heterocycles. The van der Waals surface area contributed by atoms with Crippen LogP contribution in [0.15, 0.2) is 12.5 Å². The largest absolute Gasteiger partial charge is 0.476 e. The van der Waals surface area contributed by atoms with Crippen LogP contribution >= 0.6 is 0 Å². The summed E-state index contributed by atoms with van der Waals surface area (Å²) in [4.78, 5) is 26.9. The highest BCUT2D eigenvalue weighted by Crippen LogP contribution is 2.04. The van der Waals surface area contributed by atoms with E-state index in [4.69, 9.17) is 9.84 Å². The number of rotatable bonds is 4. The van der Waals surface area contributed by atoms with E-state index in [1.54, 1.807) is 9.47 Å². The van der Waals surface area contributed by atoms with Gasteiger partial charge in [-0.3, -0.25) is 0 Å². The minimum Gasteiger partial charge on any atom is -0.476 e. The molecule has 1 aromatic rings. The molecule has 0 saturated carbocycles. The van der Waals surface area contributed by atoms with Gasteiger partial charge in [0, 0.05) is 19.3 Å².